The Hall–Kier alpha value is -4.73. The van der Waals surface area contributed by atoms with Gasteiger partial charge in [-0.1, -0.05) is 105 Å². The van der Waals surface area contributed by atoms with Crippen LogP contribution in [0, 0.1) is 0 Å². The second-order valence-electron chi connectivity index (χ2n) is 13.5. The number of hydrogen-bond donors (Lipinski definition) is 2. The maximum Gasteiger partial charge on any atom is 0.230 e. The molecule has 12 nitrogen and oxygen atoms in total. The van der Waals surface area contributed by atoms with Crippen molar-refractivity contribution in [2.24, 2.45) is 0 Å². The van der Waals surface area contributed by atoms with E-state index in [2.05, 4.69) is 29.5 Å². The molecule has 0 heterocycles. The average Bonchev–Trinajstić information content (AvgIpc) is 3.27. The Kier molecular flexibility index (Phi) is 24.1. The molecule has 332 valence electrons. The van der Waals surface area contributed by atoms with Gasteiger partial charge in [-0.3, -0.25) is 9.59 Å². The zero-order valence-corrected chi connectivity index (χ0v) is 38.7. The first-order valence-electron chi connectivity index (χ1n) is 19.4. The fraction of sp³-hybridized carbons (Fsp3) is 0.447. The lowest BCUT2D eigenvalue weighted by Crippen LogP contribution is -2.41. The van der Waals surface area contributed by atoms with Crippen molar-refractivity contribution in [3.8, 4) is 34.5 Å². The number of carbonyl (C=O) groups is 2. The predicted octanol–water partition coefficient (Wildman–Crippen LogP) is 8.70. The molecule has 4 rings (SSSR count). The Bertz CT molecular complexity index is 1810. The van der Waals surface area contributed by atoms with E-state index in [-0.39, 0.29) is 37.7 Å². The lowest BCUT2D eigenvalue weighted by atomic mass is 9.93. The largest absolute Gasteiger partial charge is 0.493 e. The van der Waals surface area contributed by atoms with Gasteiger partial charge in [-0.05, 0) is 71.2 Å². The topological polar surface area (TPSA) is 136 Å². The minimum atomic E-state index is -0.775. The fourth-order valence-corrected chi connectivity index (χ4v) is 6.35. The summed E-state index contributed by atoms with van der Waals surface area (Å²) >= 11 is 2.29. The number of halogens is 1. The van der Waals surface area contributed by atoms with E-state index in [1.807, 2.05) is 81.4 Å². The highest BCUT2D eigenvalue weighted by Crippen LogP contribution is 2.41. The van der Waals surface area contributed by atoms with Crippen LogP contribution in [0.3, 0.4) is 0 Å². The number of likely N-dealkylation sites (N-methyl/N-ethyl adjacent to an activating group) is 2. The van der Waals surface area contributed by atoms with E-state index in [9.17, 15) is 19.8 Å². The average molecular weight is 947 g/mol. The lowest BCUT2D eigenvalue weighted by molar-refractivity contribution is -0.135. The summed E-state index contributed by atoms with van der Waals surface area (Å²) in [5, 5.41) is 21.3. The molecule has 0 aromatic heterocycles. The number of rotatable bonds is 17. The number of aliphatic hydroxyl groups excluding tert-OH is 2. The quantitative estimate of drug-likeness (QED) is 0.0782. The van der Waals surface area contributed by atoms with Gasteiger partial charge in [-0.2, -0.15) is 0 Å². The van der Waals surface area contributed by atoms with Gasteiger partial charge in [0.1, 0.15) is 0 Å². The molecule has 0 aliphatic heterocycles. The van der Waals surface area contributed by atoms with Gasteiger partial charge < -0.3 is 48.4 Å². The van der Waals surface area contributed by atoms with Gasteiger partial charge in [0.25, 0.3) is 0 Å². The number of benzene rings is 4. The molecule has 0 bridgehead atoms. The predicted molar refractivity (Wildman–Crippen MR) is 247 cm³/mol. The first kappa shape index (κ1) is 53.3. The molecule has 0 saturated carbocycles. The number of methoxy groups -OCH3 is 6. The third kappa shape index (κ3) is 14.2. The molecule has 4 aromatic carbocycles. The van der Waals surface area contributed by atoms with Gasteiger partial charge in [0.05, 0.1) is 79.3 Å². The Balaban J connectivity index is 0.000000555. The Labute approximate surface area is 371 Å². The van der Waals surface area contributed by atoms with Crippen molar-refractivity contribution in [2.45, 2.75) is 78.2 Å². The first-order valence-corrected chi connectivity index (χ1v) is 20.9. The summed E-state index contributed by atoms with van der Waals surface area (Å²) in [6.07, 6.45) is -0.794. The lowest BCUT2D eigenvalue weighted by Gasteiger charge is -2.32. The second-order valence-corrected chi connectivity index (χ2v) is 15.1. The fourth-order valence-electron chi connectivity index (χ4n) is 6.35. The molecule has 5 atom stereocenters. The highest BCUT2D eigenvalue weighted by molar-refractivity contribution is 14.1. The normalized spacial score (nSPS) is 12.8. The van der Waals surface area contributed by atoms with E-state index in [0.717, 1.165) is 22.3 Å². The van der Waals surface area contributed by atoms with Crippen molar-refractivity contribution in [1.82, 2.24) is 9.80 Å². The molecular formula is C47H67IN2O10. The standard InChI is InChI=1S/C23H31NO5.C21H27NO5.C2H5I.CH4/c1-7-18(17-13-19(27-4)22(29-6)20(14-17)28-5)23(26)24(3)15(2)21(25)16-11-9-8-10-12-16;1-14(20(24)16-9-7-6-8-10-16)22(2)19(23)13-15-11-17(25-3)21(27-5)18(12-15)26-4;1-2-3;/h8-15,18,21,25H,7H2,1-6H3;6-12,14,20,24H,13H2,1-5H3;2H2,1H3;1H4/t15-,18+,21+;14-,20+;;/m00../s1. The minimum Gasteiger partial charge on any atom is -0.493 e. The van der Waals surface area contributed by atoms with Crippen LogP contribution in [0.15, 0.2) is 84.9 Å². The molecule has 13 heteroatoms. The van der Waals surface area contributed by atoms with Gasteiger partial charge in [-0.15, -0.1) is 0 Å². The first-order chi connectivity index (χ1) is 28.2. The van der Waals surface area contributed by atoms with Gasteiger partial charge >= 0.3 is 0 Å². The Morgan fingerprint density at radius 2 is 0.950 bits per heavy atom. The van der Waals surface area contributed by atoms with Crippen molar-refractivity contribution in [3.05, 3.63) is 107 Å². The van der Waals surface area contributed by atoms with Crippen LogP contribution in [0.25, 0.3) is 0 Å². The number of hydrogen-bond acceptors (Lipinski definition) is 10. The molecule has 4 aromatic rings. The van der Waals surface area contributed by atoms with E-state index in [1.165, 1.54) is 25.8 Å². The molecule has 60 heavy (non-hydrogen) atoms. The maximum atomic E-state index is 13.3. The molecule has 0 saturated heterocycles. The van der Waals surface area contributed by atoms with Crippen LogP contribution < -0.4 is 28.4 Å². The monoisotopic (exact) mass is 946 g/mol. The van der Waals surface area contributed by atoms with Crippen LogP contribution in [-0.4, -0.2) is 105 Å². The summed E-state index contributed by atoms with van der Waals surface area (Å²) in [5.74, 6) is 2.38. The summed E-state index contributed by atoms with van der Waals surface area (Å²) in [4.78, 5) is 29.2. The zero-order valence-electron chi connectivity index (χ0n) is 36.5. The molecule has 2 N–H and O–H groups in total. The Morgan fingerprint density at radius 3 is 1.28 bits per heavy atom. The molecule has 0 unspecified atom stereocenters. The van der Waals surface area contributed by atoms with Crippen LogP contribution in [0.2, 0.25) is 0 Å². The van der Waals surface area contributed by atoms with Gasteiger partial charge in [0, 0.05) is 14.1 Å². The van der Waals surface area contributed by atoms with Crippen LogP contribution in [0.4, 0.5) is 0 Å². The van der Waals surface area contributed by atoms with Crippen LogP contribution in [-0.2, 0) is 16.0 Å². The summed E-state index contributed by atoms with van der Waals surface area (Å²) < 4.78 is 33.4. The van der Waals surface area contributed by atoms with Crippen molar-refractivity contribution in [1.29, 1.82) is 0 Å². The van der Waals surface area contributed by atoms with E-state index in [1.54, 1.807) is 69.5 Å². The molecule has 2 amide bonds. The van der Waals surface area contributed by atoms with Crippen LogP contribution in [0.1, 0.15) is 81.9 Å². The van der Waals surface area contributed by atoms with Crippen molar-refractivity contribution in [3.63, 3.8) is 0 Å². The third-order valence-electron chi connectivity index (χ3n) is 10.0. The van der Waals surface area contributed by atoms with Crippen LogP contribution >= 0.6 is 22.6 Å². The summed E-state index contributed by atoms with van der Waals surface area (Å²) in [7, 11) is 12.7. The molecule has 0 aliphatic rings. The molecule has 0 spiro atoms. The number of amides is 2. The van der Waals surface area contributed by atoms with E-state index >= 15 is 0 Å². The van der Waals surface area contributed by atoms with E-state index < -0.39 is 18.1 Å². The maximum absolute atomic E-state index is 13.3. The third-order valence-corrected chi connectivity index (χ3v) is 10.0. The highest BCUT2D eigenvalue weighted by atomic mass is 127. The highest BCUT2D eigenvalue weighted by Gasteiger charge is 2.31. The van der Waals surface area contributed by atoms with E-state index in [4.69, 9.17) is 28.4 Å². The number of nitrogens with zero attached hydrogens (tertiary/aromatic N) is 2. The molecular weight excluding hydrogens is 879 g/mol. The van der Waals surface area contributed by atoms with Gasteiger partial charge in [-0.25, -0.2) is 0 Å². The number of ether oxygens (including phenoxy) is 6. The summed E-state index contributed by atoms with van der Waals surface area (Å²) in [6, 6.07) is 25.0. The van der Waals surface area contributed by atoms with Crippen molar-refractivity contribution < 1.29 is 48.2 Å². The minimum absolute atomic E-state index is 0. The summed E-state index contributed by atoms with van der Waals surface area (Å²) in [6.45, 7) is 7.74. The number of alkyl halides is 1. The molecule has 0 fully saturated rings. The van der Waals surface area contributed by atoms with E-state index in [0.29, 0.717) is 40.9 Å². The zero-order chi connectivity index (χ0) is 44.2. The van der Waals surface area contributed by atoms with Gasteiger partial charge in [0.2, 0.25) is 23.3 Å². The van der Waals surface area contributed by atoms with Gasteiger partial charge in [0.15, 0.2) is 23.0 Å². The number of aliphatic hydroxyl groups is 2. The molecule has 0 radical (unpaired) electrons. The number of carbonyl (C=O) groups excluding carboxylic acids is 2. The van der Waals surface area contributed by atoms with Crippen molar-refractivity contribution in [2.75, 3.05) is 61.2 Å². The summed E-state index contributed by atoms with van der Waals surface area (Å²) in [5.41, 5.74) is 3.07. The van der Waals surface area contributed by atoms with Crippen LogP contribution in [0.5, 0.6) is 34.5 Å². The second kappa shape index (κ2) is 27.2. The SMILES string of the molecule is C.CCI.CC[C@@H](C(=O)N(C)[C@@H](C)[C@@H](O)c1ccccc1)c1cc(OC)c(OC)c(OC)c1.COc1cc(CC(=O)N(C)[C@@H](C)[C@@H](O)c2ccccc2)cc(OC)c1OC. The van der Waals surface area contributed by atoms with Crippen molar-refractivity contribution >= 4 is 34.4 Å². The molecule has 0 aliphatic carbocycles. The Morgan fingerprint density at radius 1 is 0.600 bits per heavy atom. The smallest absolute Gasteiger partial charge is 0.230 e.